The van der Waals surface area contributed by atoms with Crippen molar-refractivity contribution in [2.45, 2.75) is 13.8 Å². The summed E-state index contributed by atoms with van der Waals surface area (Å²) >= 11 is 0. The highest BCUT2D eigenvalue weighted by Crippen LogP contribution is 2.34. The van der Waals surface area contributed by atoms with Gasteiger partial charge < -0.3 is 19.6 Å². The number of pyridine rings is 1. The van der Waals surface area contributed by atoms with Crippen LogP contribution in [0.25, 0.3) is 16.9 Å². The second-order valence-electron chi connectivity index (χ2n) is 5.22. The van der Waals surface area contributed by atoms with Gasteiger partial charge in [0.25, 0.3) is 0 Å². The van der Waals surface area contributed by atoms with Gasteiger partial charge in [-0.25, -0.2) is 4.98 Å². The van der Waals surface area contributed by atoms with Crippen LogP contribution >= 0.6 is 0 Å². The van der Waals surface area contributed by atoms with Crippen LogP contribution in [0.15, 0.2) is 30.5 Å². The summed E-state index contributed by atoms with van der Waals surface area (Å²) in [5, 5.41) is 0. The van der Waals surface area contributed by atoms with Gasteiger partial charge in [0, 0.05) is 17.5 Å². The molecule has 0 amide bonds. The van der Waals surface area contributed by atoms with E-state index in [0.717, 1.165) is 28.2 Å². The van der Waals surface area contributed by atoms with E-state index in [-0.39, 0.29) is 0 Å². The van der Waals surface area contributed by atoms with Crippen LogP contribution in [0, 0.1) is 13.8 Å². The topological polar surface area (TPSA) is 61.8 Å². The van der Waals surface area contributed by atoms with Crippen LogP contribution in [-0.4, -0.2) is 23.6 Å². The number of aromatic nitrogens is 2. The van der Waals surface area contributed by atoms with E-state index in [9.17, 15) is 0 Å². The van der Waals surface area contributed by atoms with Crippen molar-refractivity contribution in [2.24, 2.45) is 0 Å². The molecule has 1 aromatic carbocycles. The van der Waals surface area contributed by atoms with Gasteiger partial charge in [-0.1, -0.05) is 0 Å². The highest BCUT2D eigenvalue weighted by Gasteiger charge is 2.15. The first-order chi connectivity index (χ1) is 10.6. The standard InChI is InChI=1S/C17H19N3O2/c1-10-7-8-20-11(2)16(19-17(20)15(10)18)12-5-6-13(21-3)14(9-12)22-4/h5-9H,18H2,1-4H3. The first-order valence-corrected chi connectivity index (χ1v) is 7.03. The zero-order valence-electron chi connectivity index (χ0n) is 13.2. The molecule has 0 aliphatic heterocycles. The highest BCUT2D eigenvalue weighted by atomic mass is 16.5. The van der Waals surface area contributed by atoms with E-state index in [0.29, 0.717) is 17.2 Å². The lowest BCUT2D eigenvalue weighted by Crippen LogP contribution is -1.96. The Morgan fingerprint density at radius 1 is 1.05 bits per heavy atom. The normalized spacial score (nSPS) is 10.9. The zero-order valence-corrected chi connectivity index (χ0v) is 13.2. The van der Waals surface area contributed by atoms with Gasteiger partial charge in [0.2, 0.25) is 0 Å². The summed E-state index contributed by atoms with van der Waals surface area (Å²) in [6.07, 6.45) is 1.99. The number of hydrogen-bond donors (Lipinski definition) is 1. The van der Waals surface area contributed by atoms with E-state index in [2.05, 4.69) is 0 Å². The molecule has 0 fully saturated rings. The number of anilines is 1. The summed E-state index contributed by atoms with van der Waals surface area (Å²) in [5.74, 6) is 1.38. The minimum Gasteiger partial charge on any atom is -0.493 e. The fourth-order valence-electron chi connectivity index (χ4n) is 2.60. The zero-order chi connectivity index (χ0) is 15.9. The Morgan fingerprint density at radius 2 is 1.77 bits per heavy atom. The van der Waals surface area contributed by atoms with Gasteiger partial charge in [-0.3, -0.25) is 0 Å². The summed E-state index contributed by atoms with van der Waals surface area (Å²) in [5.41, 5.74) is 11.6. The molecule has 0 saturated carbocycles. The fourth-order valence-corrected chi connectivity index (χ4v) is 2.60. The van der Waals surface area contributed by atoms with Crippen LogP contribution < -0.4 is 15.2 Å². The summed E-state index contributed by atoms with van der Waals surface area (Å²) in [4.78, 5) is 4.72. The lowest BCUT2D eigenvalue weighted by Gasteiger charge is -2.08. The van der Waals surface area contributed by atoms with Crippen molar-refractivity contribution >= 4 is 11.3 Å². The molecule has 0 aliphatic carbocycles. The second kappa shape index (κ2) is 5.26. The summed E-state index contributed by atoms with van der Waals surface area (Å²) in [6, 6.07) is 7.78. The Labute approximate surface area is 129 Å². The number of benzene rings is 1. The van der Waals surface area contributed by atoms with E-state index in [1.54, 1.807) is 14.2 Å². The maximum absolute atomic E-state index is 6.15. The molecule has 5 heteroatoms. The number of nitrogen functional groups attached to an aromatic ring is 1. The molecule has 0 bridgehead atoms. The van der Waals surface area contributed by atoms with Gasteiger partial charge in [-0.15, -0.1) is 0 Å². The maximum Gasteiger partial charge on any atom is 0.161 e. The number of fused-ring (bicyclic) bond motifs is 1. The largest absolute Gasteiger partial charge is 0.493 e. The fraction of sp³-hybridized carbons (Fsp3) is 0.235. The van der Waals surface area contributed by atoms with Crippen molar-refractivity contribution in [2.75, 3.05) is 20.0 Å². The third-order valence-electron chi connectivity index (χ3n) is 3.95. The van der Waals surface area contributed by atoms with Crippen LogP contribution in [0.3, 0.4) is 0 Å². The second-order valence-corrected chi connectivity index (χ2v) is 5.22. The number of rotatable bonds is 3. The molecule has 114 valence electrons. The van der Waals surface area contributed by atoms with Crippen molar-refractivity contribution in [1.82, 2.24) is 9.38 Å². The van der Waals surface area contributed by atoms with E-state index in [1.165, 1.54) is 0 Å². The van der Waals surface area contributed by atoms with Crippen LogP contribution in [0.2, 0.25) is 0 Å². The van der Waals surface area contributed by atoms with Gasteiger partial charge >= 0.3 is 0 Å². The van der Waals surface area contributed by atoms with Gasteiger partial charge in [0.1, 0.15) is 0 Å². The SMILES string of the molecule is COc1ccc(-c2nc3c(N)c(C)ccn3c2C)cc1OC. The lowest BCUT2D eigenvalue weighted by atomic mass is 10.1. The smallest absolute Gasteiger partial charge is 0.161 e. The number of hydrogen-bond acceptors (Lipinski definition) is 4. The number of methoxy groups -OCH3 is 2. The van der Waals surface area contributed by atoms with Crippen LogP contribution in [0.1, 0.15) is 11.3 Å². The molecule has 2 aromatic heterocycles. The van der Waals surface area contributed by atoms with Crippen molar-refractivity contribution in [3.8, 4) is 22.8 Å². The number of nitrogens with zero attached hydrogens (tertiary/aromatic N) is 2. The van der Waals surface area contributed by atoms with Crippen molar-refractivity contribution in [3.05, 3.63) is 41.7 Å². The Bertz CT molecular complexity index is 853. The van der Waals surface area contributed by atoms with Gasteiger partial charge in [0.15, 0.2) is 17.1 Å². The number of imidazole rings is 1. The molecular weight excluding hydrogens is 278 g/mol. The third-order valence-corrected chi connectivity index (χ3v) is 3.95. The van der Waals surface area contributed by atoms with Crippen molar-refractivity contribution < 1.29 is 9.47 Å². The minimum atomic E-state index is 0.681. The van der Waals surface area contributed by atoms with Crippen LogP contribution in [0.5, 0.6) is 11.5 Å². The van der Waals surface area contributed by atoms with E-state index >= 15 is 0 Å². The van der Waals surface area contributed by atoms with Gasteiger partial charge in [-0.05, 0) is 43.7 Å². The quantitative estimate of drug-likeness (QED) is 0.806. The molecule has 3 rings (SSSR count). The Balaban J connectivity index is 2.22. The van der Waals surface area contributed by atoms with Gasteiger partial charge in [0.05, 0.1) is 25.6 Å². The maximum atomic E-state index is 6.15. The molecule has 0 unspecified atom stereocenters. The van der Waals surface area contributed by atoms with E-state index < -0.39 is 0 Å². The van der Waals surface area contributed by atoms with Crippen LogP contribution in [-0.2, 0) is 0 Å². The number of nitrogens with two attached hydrogens (primary N) is 1. The first-order valence-electron chi connectivity index (χ1n) is 7.03. The predicted octanol–water partition coefficient (Wildman–Crippen LogP) is 3.22. The average molecular weight is 297 g/mol. The van der Waals surface area contributed by atoms with Crippen molar-refractivity contribution in [3.63, 3.8) is 0 Å². The molecule has 0 saturated heterocycles. The van der Waals surface area contributed by atoms with Crippen molar-refractivity contribution in [1.29, 1.82) is 0 Å². The molecule has 2 N–H and O–H groups in total. The lowest BCUT2D eigenvalue weighted by molar-refractivity contribution is 0.355. The molecule has 0 spiro atoms. The van der Waals surface area contributed by atoms with Crippen LogP contribution in [0.4, 0.5) is 5.69 Å². The molecule has 0 aliphatic rings. The monoisotopic (exact) mass is 297 g/mol. The Kier molecular flexibility index (Phi) is 3.41. The first kappa shape index (κ1) is 14.3. The number of aryl methyl sites for hydroxylation is 2. The Hall–Kier alpha value is -2.69. The number of ether oxygens (including phenoxy) is 2. The third kappa shape index (κ3) is 2.06. The molecule has 0 atom stereocenters. The summed E-state index contributed by atoms with van der Waals surface area (Å²) in [7, 11) is 3.25. The van der Waals surface area contributed by atoms with Gasteiger partial charge in [-0.2, -0.15) is 0 Å². The molecule has 0 radical (unpaired) electrons. The molecule has 5 nitrogen and oxygen atoms in total. The molecule has 2 heterocycles. The predicted molar refractivity (Wildman–Crippen MR) is 87.6 cm³/mol. The molecule has 22 heavy (non-hydrogen) atoms. The summed E-state index contributed by atoms with van der Waals surface area (Å²) < 4.78 is 12.7. The minimum absolute atomic E-state index is 0.681. The highest BCUT2D eigenvalue weighted by molar-refractivity contribution is 5.76. The summed E-state index contributed by atoms with van der Waals surface area (Å²) in [6.45, 7) is 4.01. The molecule has 3 aromatic rings. The van der Waals surface area contributed by atoms with E-state index in [1.807, 2.05) is 48.7 Å². The van der Waals surface area contributed by atoms with E-state index in [4.69, 9.17) is 20.2 Å². The Morgan fingerprint density at radius 3 is 2.45 bits per heavy atom. The average Bonchev–Trinajstić information content (AvgIpc) is 2.88. The molecular formula is C17H19N3O2.